The third-order valence-electron chi connectivity index (χ3n) is 5.05. The van der Waals surface area contributed by atoms with Crippen molar-refractivity contribution in [1.82, 2.24) is 9.88 Å². The van der Waals surface area contributed by atoms with Crippen LogP contribution in [0.3, 0.4) is 0 Å². The number of rotatable bonds is 11. The van der Waals surface area contributed by atoms with Crippen molar-refractivity contribution in [2.45, 2.75) is 25.2 Å². The molecule has 3 aromatic rings. The highest BCUT2D eigenvalue weighted by molar-refractivity contribution is 7.99. The lowest BCUT2D eigenvalue weighted by Crippen LogP contribution is -2.39. The van der Waals surface area contributed by atoms with E-state index >= 15 is 0 Å². The van der Waals surface area contributed by atoms with Gasteiger partial charge in [-0.2, -0.15) is 0 Å². The maximum Gasteiger partial charge on any atom is 0.229 e. The minimum absolute atomic E-state index is 0.0969. The van der Waals surface area contributed by atoms with E-state index in [4.69, 9.17) is 21.3 Å². The highest BCUT2D eigenvalue weighted by Gasteiger charge is 2.20. The van der Waals surface area contributed by atoms with E-state index < -0.39 is 0 Å². The van der Waals surface area contributed by atoms with Gasteiger partial charge in [-0.3, -0.25) is 9.69 Å². The zero-order chi connectivity index (χ0) is 22.2. The van der Waals surface area contributed by atoms with Gasteiger partial charge in [-0.25, -0.2) is 4.98 Å². The fraction of sp³-hybridized carbons (Fsp3) is 0.391. The average Bonchev–Trinajstić information content (AvgIpc) is 3.20. The van der Waals surface area contributed by atoms with Gasteiger partial charge in [-0.05, 0) is 55.6 Å². The standard InChI is InChI=1S/C23H28ClN3O2S2/c1-4-26(5-2)13-14-27(22(28)12-15-30-19-9-6-17(24)7-10-19)23-25-20-11-8-18(29-3)16-21(20)31-23/h6-11,16H,4-5,12-15H2,1-3H3. The van der Waals surface area contributed by atoms with Gasteiger partial charge in [-0.15, -0.1) is 11.8 Å². The summed E-state index contributed by atoms with van der Waals surface area (Å²) in [6.45, 7) is 7.65. The molecule has 0 unspecified atom stereocenters. The van der Waals surface area contributed by atoms with Gasteiger partial charge in [0.15, 0.2) is 5.13 Å². The van der Waals surface area contributed by atoms with Crippen LogP contribution in [0.1, 0.15) is 20.3 Å². The first-order valence-corrected chi connectivity index (χ1v) is 12.6. The Morgan fingerprint density at radius 1 is 1.13 bits per heavy atom. The number of carbonyl (C=O) groups is 1. The molecule has 2 aromatic carbocycles. The molecule has 0 spiro atoms. The predicted molar refractivity (Wildman–Crippen MR) is 133 cm³/mol. The molecule has 1 aromatic heterocycles. The Balaban J connectivity index is 1.73. The summed E-state index contributed by atoms with van der Waals surface area (Å²) >= 11 is 9.15. The van der Waals surface area contributed by atoms with E-state index in [0.29, 0.717) is 18.7 Å². The maximum atomic E-state index is 13.2. The number of fused-ring (bicyclic) bond motifs is 1. The molecule has 0 saturated heterocycles. The number of nitrogens with zero attached hydrogens (tertiary/aromatic N) is 3. The summed E-state index contributed by atoms with van der Waals surface area (Å²) < 4.78 is 6.35. The lowest BCUT2D eigenvalue weighted by molar-refractivity contribution is -0.118. The molecule has 0 bridgehead atoms. The number of carbonyl (C=O) groups excluding carboxylic acids is 1. The van der Waals surface area contributed by atoms with E-state index in [0.717, 1.165) is 50.7 Å². The van der Waals surface area contributed by atoms with E-state index in [1.807, 2.05) is 47.4 Å². The second-order valence-electron chi connectivity index (χ2n) is 6.95. The molecule has 166 valence electrons. The first-order chi connectivity index (χ1) is 15.0. The van der Waals surface area contributed by atoms with E-state index in [9.17, 15) is 4.79 Å². The highest BCUT2D eigenvalue weighted by Crippen LogP contribution is 2.32. The van der Waals surface area contributed by atoms with Crippen LogP contribution in [0.2, 0.25) is 5.02 Å². The Kier molecular flexibility index (Phi) is 9.02. The number of halogens is 1. The van der Waals surface area contributed by atoms with Gasteiger partial charge in [0.05, 0.1) is 17.3 Å². The number of thiazole rings is 1. The zero-order valence-corrected chi connectivity index (χ0v) is 20.5. The molecule has 0 radical (unpaired) electrons. The van der Waals surface area contributed by atoms with Crippen LogP contribution >= 0.6 is 34.7 Å². The summed E-state index contributed by atoms with van der Waals surface area (Å²) in [7, 11) is 1.65. The molecule has 1 heterocycles. The van der Waals surface area contributed by atoms with E-state index in [1.54, 1.807) is 18.9 Å². The minimum atomic E-state index is 0.0969. The number of hydrogen-bond acceptors (Lipinski definition) is 6. The van der Waals surface area contributed by atoms with Gasteiger partial charge in [0, 0.05) is 35.2 Å². The van der Waals surface area contributed by atoms with Crippen molar-refractivity contribution >= 4 is 56.0 Å². The van der Waals surface area contributed by atoms with Gasteiger partial charge in [-0.1, -0.05) is 36.8 Å². The Morgan fingerprint density at radius 2 is 1.87 bits per heavy atom. The molecule has 0 aliphatic heterocycles. The van der Waals surface area contributed by atoms with E-state index in [1.165, 1.54) is 11.3 Å². The highest BCUT2D eigenvalue weighted by atomic mass is 35.5. The molecule has 0 N–H and O–H groups in total. The summed E-state index contributed by atoms with van der Waals surface area (Å²) in [5.41, 5.74) is 0.886. The van der Waals surface area contributed by atoms with Gasteiger partial charge in [0.25, 0.3) is 0 Å². The SMILES string of the molecule is CCN(CC)CCN(C(=O)CCSc1ccc(Cl)cc1)c1nc2ccc(OC)cc2s1. The van der Waals surface area contributed by atoms with Crippen molar-refractivity contribution in [2.75, 3.05) is 43.9 Å². The summed E-state index contributed by atoms with van der Waals surface area (Å²) in [5.74, 6) is 1.60. The van der Waals surface area contributed by atoms with Gasteiger partial charge in [0.2, 0.25) is 5.91 Å². The molecule has 0 fully saturated rings. The van der Waals surface area contributed by atoms with Crippen LogP contribution < -0.4 is 9.64 Å². The van der Waals surface area contributed by atoms with Crippen molar-refractivity contribution < 1.29 is 9.53 Å². The molecular formula is C23H28ClN3O2S2. The first-order valence-electron chi connectivity index (χ1n) is 10.4. The summed E-state index contributed by atoms with van der Waals surface area (Å²) in [6.07, 6.45) is 0.449. The van der Waals surface area contributed by atoms with E-state index in [-0.39, 0.29) is 5.91 Å². The number of hydrogen-bond donors (Lipinski definition) is 0. The van der Waals surface area contributed by atoms with Crippen molar-refractivity contribution in [3.05, 3.63) is 47.5 Å². The smallest absolute Gasteiger partial charge is 0.229 e. The van der Waals surface area contributed by atoms with Crippen LogP contribution in [0.25, 0.3) is 10.2 Å². The fourth-order valence-electron chi connectivity index (χ4n) is 3.17. The third-order valence-corrected chi connectivity index (χ3v) is 7.36. The number of thioether (sulfide) groups is 1. The van der Waals surface area contributed by atoms with E-state index in [2.05, 4.69) is 18.7 Å². The molecular weight excluding hydrogens is 450 g/mol. The zero-order valence-electron chi connectivity index (χ0n) is 18.1. The van der Waals surface area contributed by atoms with Gasteiger partial charge < -0.3 is 9.64 Å². The monoisotopic (exact) mass is 477 g/mol. The minimum Gasteiger partial charge on any atom is -0.497 e. The van der Waals surface area contributed by atoms with Crippen molar-refractivity contribution in [1.29, 1.82) is 0 Å². The quantitative estimate of drug-likeness (QED) is 0.326. The number of anilines is 1. The fourth-order valence-corrected chi connectivity index (χ4v) is 5.17. The lowest BCUT2D eigenvalue weighted by atomic mass is 10.3. The molecule has 0 aliphatic rings. The topological polar surface area (TPSA) is 45.7 Å². The molecule has 31 heavy (non-hydrogen) atoms. The molecule has 3 rings (SSSR count). The third kappa shape index (κ3) is 6.59. The number of methoxy groups -OCH3 is 1. The molecule has 0 aliphatic carbocycles. The van der Waals surface area contributed by atoms with Crippen LogP contribution in [0.5, 0.6) is 5.75 Å². The Hall–Kier alpha value is -1.80. The van der Waals surface area contributed by atoms with Crippen molar-refractivity contribution in [2.24, 2.45) is 0 Å². The van der Waals surface area contributed by atoms with Crippen molar-refractivity contribution in [3.8, 4) is 5.75 Å². The van der Waals surface area contributed by atoms with Crippen LogP contribution in [-0.4, -0.2) is 54.8 Å². The lowest BCUT2D eigenvalue weighted by Gasteiger charge is -2.24. The largest absolute Gasteiger partial charge is 0.497 e. The second kappa shape index (κ2) is 11.7. The first kappa shape index (κ1) is 23.9. The summed E-state index contributed by atoms with van der Waals surface area (Å²) in [5, 5.41) is 1.47. The molecule has 1 amide bonds. The van der Waals surface area contributed by atoms with Gasteiger partial charge in [0.1, 0.15) is 5.75 Å². The van der Waals surface area contributed by atoms with Crippen molar-refractivity contribution in [3.63, 3.8) is 0 Å². The molecule has 0 saturated carbocycles. The van der Waals surface area contributed by atoms with Crippen LogP contribution in [0.15, 0.2) is 47.4 Å². The van der Waals surface area contributed by atoms with Crippen LogP contribution in [0.4, 0.5) is 5.13 Å². The van der Waals surface area contributed by atoms with Gasteiger partial charge >= 0.3 is 0 Å². The summed E-state index contributed by atoms with van der Waals surface area (Å²) in [6, 6.07) is 13.5. The van der Waals surface area contributed by atoms with Crippen LogP contribution in [-0.2, 0) is 4.79 Å². The Bertz CT molecular complexity index is 990. The molecule has 0 atom stereocenters. The number of benzene rings is 2. The molecule has 5 nitrogen and oxygen atoms in total. The number of amides is 1. The summed E-state index contributed by atoms with van der Waals surface area (Å²) in [4.78, 5) is 23.2. The normalized spacial score (nSPS) is 11.3. The maximum absolute atomic E-state index is 13.2. The Labute approximate surface area is 197 Å². The second-order valence-corrected chi connectivity index (χ2v) is 9.57. The predicted octanol–water partition coefficient (Wildman–Crippen LogP) is 5.82. The van der Waals surface area contributed by atoms with Crippen LogP contribution in [0, 0.1) is 0 Å². The average molecular weight is 478 g/mol. The number of ether oxygens (including phenoxy) is 1. The number of aromatic nitrogens is 1. The molecule has 8 heteroatoms. The number of likely N-dealkylation sites (N-methyl/N-ethyl adjacent to an activating group) is 1. The Morgan fingerprint density at radius 3 is 2.55 bits per heavy atom.